The molecule has 6 N–H and O–H groups in total. The van der Waals surface area contributed by atoms with Gasteiger partial charge in [0.1, 0.15) is 17.0 Å². The number of pyridine rings is 1. The van der Waals surface area contributed by atoms with Crippen LogP contribution in [0.25, 0.3) is 21.6 Å². The number of rotatable bonds is 8. The third kappa shape index (κ3) is 6.16. The number of thiophene rings is 1. The lowest BCUT2D eigenvalue weighted by Gasteiger charge is -2.33. The number of carboxylic acid groups (broad SMARTS) is 2. The molecule has 11 nitrogen and oxygen atoms in total. The molecule has 48 heavy (non-hydrogen) atoms. The van der Waals surface area contributed by atoms with Crippen LogP contribution in [0.4, 0.5) is 5.69 Å². The van der Waals surface area contributed by atoms with E-state index in [1.807, 2.05) is 37.4 Å². The number of aromatic carboxylic acids is 1. The highest BCUT2D eigenvalue weighted by atomic mass is 32.1. The van der Waals surface area contributed by atoms with Gasteiger partial charge in [0.25, 0.3) is 11.8 Å². The molecule has 4 aromatic rings. The number of hydrogen-bond acceptors (Lipinski definition) is 8. The Bertz CT molecular complexity index is 1940. The summed E-state index contributed by atoms with van der Waals surface area (Å²) in [6.07, 6.45) is 3.37. The first kappa shape index (κ1) is 32.9. The summed E-state index contributed by atoms with van der Waals surface area (Å²) in [5.74, 6) is -3.32. The van der Waals surface area contributed by atoms with E-state index >= 15 is 0 Å². The van der Waals surface area contributed by atoms with Crippen molar-refractivity contribution in [3.05, 3.63) is 87.0 Å². The highest BCUT2D eigenvalue weighted by Crippen LogP contribution is 2.43. The van der Waals surface area contributed by atoms with Crippen LogP contribution in [0, 0.1) is 13.8 Å². The number of anilines is 1. The molecule has 2 aliphatic rings. The molecule has 0 radical (unpaired) electrons. The Morgan fingerprint density at radius 3 is 2.33 bits per heavy atom. The molecule has 2 aromatic heterocycles. The SMILES string of the molecule is Cc1cc(CN)cc(C)c1NC(=O)c1cc2c(cc1-c1ccc(C(=O)NC3(C(=O)O)CCCCC3)nc1C(=O)O)OCCc1ccsc1-2. The summed E-state index contributed by atoms with van der Waals surface area (Å²) in [4.78, 5) is 57.6. The number of hydrogen-bond donors (Lipinski definition) is 5. The molecule has 248 valence electrons. The van der Waals surface area contributed by atoms with Crippen molar-refractivity contribution < 1.29 is 34.1 Å². The van der Waals surface area contributed by atoms with Gasteiger partial charge in [-0.3, -0.25) is 9.59 Å². The number of amides is 2. The molecular weight excluding hydrogens is 632 g/mol. The number of aliphatic carboxylic acids is 1. The Morgan fingerprint density at radius 2 is 1.67 bits per heavy atom. The molecule has 6 rings (SSSR count). The van der Waals surface area contributed by atoms with Crippen LogP contribution in [-0.2, 0) is 17.8 Å². The van der Waals surface area contributed by atoms with Gasteiger partial charge in [-0.15, -0.1) is 11.3 Å². The maximum Gasteiger partial charge on any atom is 0.355 e. The van der Waals surface area contributed by atoms with Crippen LogP contribution in [0.5, 0.6) is 5.75 Å². The van der Waals surface area contributed by atoms with Crippen LogP contribution in [0.15, 0.2) is 47.8 Å². The molecule has 0 bridgehead atoms. The third-order valence-corrected chi connectivity index (χ3v) is 10.1. The number of benzene rings is 2. The van der Waals surface area contributed by atoms with Gasteiger partial charge in [-0.1, -0.05) is 31.4 Å². The number of nitrogens with zero attached hydrogens (tertiary/aromatic N) is 1. The lowest BCUT2D eigenvalue weighted by molar-refractivity contribution is -0.145. The zero-order chi connectivity index (χ0) is 34.2. The first-order valence-electron chi connectivity index (χ1n) is 15.8. The number of carboxylic acids is 2. The molecule has 0 spiro atoms. The van der Waals surface area contributed by atoms with Crippen molar-refractivity contribution >= 4 is 40.8 Å². The number of nitrogens with one attached hydrogen (secondary N) is 2. The summed E-state index contributed by atoms with van der Waals surface area (Å²) in [5, 5.41) is 27.9. The van der Waals surface area contributed by atoms with Crippen LogP contribution in [0.3, 0.4) is 0 Å². The standard InChI is InChI=1S/C36H36N4O7S/c1-19-14-21(18-37)15-20(2)29(19)39-32(41)25-16-26-28(47-12-8-22-9-13-48-31(22)26)17-24(25)23-6-7-27(38-30(23)34(43)44)33(42)40-36(35(45)46)10-4-3-5-11-36/h6-7,9,13-17H,3-5,8,10-12,18,37H2,1-2H3,(H,39,41)(H,40,42)(H,43,44)(H,45,46). The zero-order valence-corrected chi connectivity index (χ0v) is 27.5. The van der Waals surface area contributed by atoms with E-state index in [-0.39, 0.29) is 35.2 Å². The lowest BCUT2D eigenvalue weighted by atomic mass is 9.81. The van der Waals surface area contributed by atoms with E-state index in [2.05, 4.69) is 15.6 Å². The predicted octanol–water partition coefficient (Wildman–Crippen LogP) is 5.96. The Labute approximate surface area is 281 Å². The molecule has 0 saturated heterocycles. The van der Waals surface area contributed by atoms with Crippen molar-refractivity contribution in [2.75, 3.05) is 11.9 Å². The van der Waals surface area contributed by atoms with Crippen LogP contribution in [0.2, 0.25) is 0 Å². The molecule has 1 aliphatic carbocycles. The van der Waals surface area contributed by atoms with Crippen molar-refractivity contribution in [3.8, 4) is 27.3 Å². The summed E-state index contributed by atoms with van der Waals surface area (Å²) in [7, 11) is 0. The predicted molar refractivity (Wildman–Crippen MR) is 182 cm³/mol. The van der Waals surface area contributed by atoms with E-state index < -0.39 is 35.0 Å². The molecule has 1 fully saturated rings. The number of carbonyl (C=O) groups excluding carboxylic acids is 2. The van der Waals surface area contributed by atoms with Gasteiger partial charge in [0, 0.05) is 45.8 Å². The fourth-order valence-corrected chi connectivity index (χ4v) is 7.65. The minimum absolute atomic E-state index is 0.101. The van der Waals surface area contributed by atoms with Crippen LogP contribution in [-0.4, -0.2) is 51.1 Å². The van der Waals surface area contributed by atoms with Crippen LogP contribution in [0.1, 0.15) is 85.7 Å². The minimum Gasteiger partial charge on any atom is -0.493 e. The maximum absolute atomic E-state index is 14.2. The fraction of sp³-hybridized carbons (Fsp3) is 0.306. The van der Waals surface area contributed by atoms with Crippen molar-refractivity contribution in [1.82, 2.24) is 10.3 Å². The number of ether oxygens (including phenoxy) is 1. The van der Waals surface area contributed by atoms with Crippen molar-refractivity contribution in [3.63, 3.8) is 0 Å². The average molecular weight is 669 g/mol. The quantitative estimate of drug-likeness (QED) is 0.151. The molecule has 0 unspecified atom stereocenters. The van der Waals surface area contributed by atoms with E-state index in [1.165, 1.54) is 23.5 Å². The molecule has 12 heteroatoms. The van der Waals surface area contributed by atoms with Gasteiger partial charge in [-0.2, -0.15) is 0 Å². The third-order valence-electron chi connectivity index (χ3n) is 9.14. The van der Waals surface area contributed by atoms with E-state index in [0.717, 1.165) is 33.6 Å². The second-order valence-corrected chi connectivity index (χ2v) is 13.2. The molecular formula is C36H36N4O7S. The summed E-state index contributed by atoms with van der Waals surface area (Å²) >= 11 is 1.53. The fourth-order valence-electron chi connectivity index (χ4n) is 6.67. The normalized spacial score (nSPS) is 14.9. The summed E-state index contributed by atoms with van der Waals surface area (Å²) in [6, 6.07) is 12.0. The highest BCUT2D eigenvalue weighted by Gasteiger charge is 2.41. The lowest BCUT2D eigenvalue weighted by Crippen LogP contribution is -2.55. The van der Waals surface area contributed by atoms with Gasteiger partial charge in [-0.25, -0.2) is 14.6 Å². The molecule has 1 saturated carbocycles. The first-order valence-corrected chi connectivity index (χ1v) is 16.7. The molecule has 1 aliphatic heterocycles. The van der Waals surface area contributed by atoms with Crippen molar-refractivity contribution in [2.24, 2.45) is 5.73 Å². The Morgan fingerprint density at radius 1 is 0.938 bits per heavy atom. The Balaban J connectivity index is 1.46. The van der Waals surface area contributed by atoms with Gasteiger partial charge >= 0.3 is 11.9 Å². The van der Waals surface area contributed by atoms with Gasteiger partial charge < -0.3 is 31.3 Å². The minimum atomic E-state index is -1.45. The number of aryl methyl sites for hydroxylation is 2. The smallest absolute Gasteiger partial charge is 0.355 e. The number of carbonyl (C=O) groups is 4. The number of nitrogens with two attached hydrogens (primary N) is 1. The zero-order valence-electron chi connectivity index (χ0n) is 26.6. The molecule has 2 aromatic carbocycles. The molecule has 0 atom stereocenters. The number of aromatic nitrogens is 1. The summed E-state index contributed by atoms with van der Waals surface area (Å²) < 4.78 is 6.12. The van der Waals surface area contributed by atoms with Gasteiger partial charge in [-0.05, 0) is 84.7 Å². The second kappa shape index (κ2) is 13.2. The van der Waals surface area contributed by atoms with E-state index in [9.17, 15) is 29.4 Å². The van der Waals surface area contributed by atoms with Crippen LogP contribution >= 0.6 is 11.3 Å². The van der Waals surface area contributed by atoms with Crippen molar-refractivity contribution in [2.45, 2.75) is 64.5 Å². The molecule has 2 amide bonds. The highest BCUT2D eigenvalue weighted by molar-refractivity contribution is 7.13. The van der Waals surface area contributed by atoms with Crippen molar-refractivity contribution in [1.29, 1.82) is 0 Å². The Hall–Kier alpha value is -5.07. The topological polar surface area (TPSA) is 181 Å². The molecule has 3 heterocycles. The first-order chi connectivity index (χ1) is 23.0. The largest absolute Gasteiger partial charge is 0.493 e. The van der Waals surface area contributed by atoms with E-state index in [0.29, 0.717) is 49.4 Å². The van der Waals surface area contributed by atoms with E-state index in [1.54, 1.807) is 12.1 Å². The van der Waals surface area contributed by atoms with Gasteiger partial charge in [0.05, 0.1) is 6.61 Å². The Kier molecular flexibility index (Phi) is 9.04. The van der Waals surface area contributed by atoms with E-state index in [4.69, 9.17) is 10.5 Å². The number of fused-ring (bicyclic) bond motifs is 3. The van der Waals surface area contributed by atoms with Gasteiger partial charge in [0.15, 0.2) is 5.69 Å². The maximum atomic E-state index is 14.2. The monoisotopic (exact) mass is 668 g/mol. The summed E-state index contributed by atoms with van der Waals surface area (Å²) in [5.41, 5.74) is 9.23. The summed E-state index contributed by atoms with van der Waals surface area (Å²) in [6.45, 7) is 4.50. The average Bonchev–Trinajstić information content (AvgIpc) is 3.47. The van der Waals surface area contributed by atoms with Crippen LogP contribution < -0.4 is 21.1 Å². The second-order valence-electron chi connectivity index (χ2n) is 12.3. The van der Waals surface area contributed by atoms with Gasteiger partial charge in [0.2, 0.25) is 0 Å².